The number of nitrogens with zero attached hydrogens (tertiary/aromatic N) is 2. The molecular weight excluding hydrogens is 372 g/mol. The van der Waals surface area contributed by atoms with Crippen LogP contribution in [-0.2, 0) is 4.79 Å². The molecule has 1 saturated heterocycles. The first kappa shape index (κ1) is 20.9. The lowest BCUT2D eigenvalue weighted by Crippen LogP contribution is -2.56. The summed E-state index contributed by atoms with van der Waals surface area (Å²) in [4.78, 5) is 27.1. The third kappa shape index (κ3) is 4.15. The Morgan fingerprint density at radius 3 is 2.76 bits per heavy atom. The smallest absolute Gasteiger partial charge is 0.318 e. The van der Waals surface area contributed by atoms with Gasteiger partial charge in [-0.2, -0.15) is 5.26 Å². The first-order valence-electron chi connectivity index (χ1n) is 9.92. The average Bonchev–Trinajstić information content (AvgIpc) is 3.14. The molecule has 3 unspecified atom stereocenters. The molecule has 0 spiro atoms. The van der Waals surface area contributed by atoms with Gasteiger partial charge in [0, 0.05) is 18.2 Å². The zero-order valence-corrected chi connectivity index (χ0v) is 17.2. The number of likely N-dealkylation sites (tertiary alicyclic amines) is 1. The number of nitrogens with one attached hydrogen (secondary N) is 2. The molecule has 3 atom stereocenters. The van der Waals surface area contributed by atoms with Crippen molar-refractivity contribution in [3.8, 4) is 11.8 Å². The minimum atomic E-state index is -1.02. The van der Waals surface area contributed by atoms with Crippen molar-refractivity contribution in [3.05, 3.63) is 29.3 Å². The van der Waals surface area contributed by atoms with E-state index in [-0.39, 0.29) is 18.0 Å². The van der Waals surface area contributed by atoms with Crippen LogP contribution in [0.2, 0.25) is 0 Å². The summed E-state index contributed by atoms with van der Waals surface area (Å²) in [5, 5.41) is 25.8. The van der Waals surface area contributed by atoms with Gasteiger partial charge >= 0.3 is 6.03 Å². The lowest BCUT2D eigenvalue weighted by molar-refractivity contribution is -0.129. The molecule has 0 saturated carbocycles. The van der Waals surface area contributed by atoms with Crippen LogP contribution in [0.1, 0.15) is 57.7 Å². The van der Waals surface area contributed by atoms with E-state index in [1.165, 1.54) is 0 Å². The Balaban J connectivity index is 1.85. The number of fused-ring (bicyclic) bond motifs is 1. The minimum Gasteiger partial charge on any atom is -0.485 e. The standard InChI is InChI=1S/C21H28N4O4/c1-12(2)23-20(28)25-9-5-6-15(25)19(27)24-17-14-10-13(11-22)7-8-16(14)29-21(3,4)18(17)26/h7-8,10,12,15,17-18,26H,5-6,9H2,1-4H3,(H,23,28)(H,24,27). The van der Waals surface area contributed by atoms with Gasteiger partial charge in [-0.1, -0.05) is 0 Å². The van der Waals surface area contributed by atoms with E-state index in [2.05, 4.69) is 16.7 Å². The van der Waals surface area contributed by atoms with Crippen LogP contribution in [0.5, 0.6) is 5.75 Å². The molecule has 8 heteroatoms. The second-order valence-electron chi connectivity index (χ2n) is 8.46. The zero-order valence-electron chi connectivity index (χ0n) is 17.2. The molecule has 3 amide bonds. The van der Waals surface area contributed by atoms with E-state index in [0.717, 1.165) is 6.42 Å². The molecule has 1 aromatic carbocycles. The van der Waals surface area contributed by atoms with Crippen molar-refractivity contribution in [2.24, 2.45) is 0 Å². The molecule has 0 bridgehead atoms. The molecule has 3 N–H and O–H groups in total. The number of carbonyl (C=O) groups is 2. The number of ether oxygens (including phenoxy) is 1. The lowest BCUT2D eigenvalue weighted by atomic mass is 9.85. The summed E-state index contributed by atoms with van der Waals surface area (Å²) in [6.45, 7) is 7.74. The summed E-state index contributed by atoms with van der Waals surface area (Å²) in [5.74, 6) is 0.196. The van der Waals surface area contributed by atoms with Crippen LogP contribution in [0.15, 0.2) is 18.2 Å². The van der Waals surface area contributed by atoms with Crippen molar-refractivity contribution in [1.82, 2.24) is 15.5 Å². The molecule has 2 aliphatic rings. The lowest BCUT2D eigenvalue weighted by Gasteiger charge is -2.42. The number of aliphatic hydroxyl groups excluding tert-OH is 1. The Labute approximate surface area is 170 Å². The molecule has 29 heavy (non-hydrogen) atoms. The average molecular weight is 400 g/mol. The number of amides is 3. The molecule has 3 rings (SSSR count). The minimum absolute atomic E-state index is 0.0267. The van der Waals surface area contributed by atoms with Crippen LogP contribution in [0, 0.1) is 11.3 Å². The first-order chi connectivity index (χ1) is 13.6. The number of carbonyl (C=O) groups excluding carboxylic acids is 2. The van der Waals surface area contributed by atoms with E-state index in [1.807, 2.05) is 13.8 Å². The number of nitriles is 1. The maximum Gasteiger partial charge on any atom is 0.318 e. The molecule has 2 aliphatic heterocycles. The van der Waals surface area contributed by atoms with E-state index in [0.29, 0.717) is 29.8 Å². The van der Waals surface area contributed by atoms with E-state index in [4.69, 9.17) is 4.74 Å². The summed E-state index contributed by atoms with van der Waals surface area (Å²) in [6.07, 6.45) is 0.276. The monoisotopic (exact) mass is 400 g/mol. The maximum atomic E-state index is 13.1. The Hall–Kier alpha value is -2.79. The summed E-state index contributed by atoms with van der Waals surface area (Å²) in [5.41, 5.74) is 0.0430. The third-order valence-corrected chi connectivity index (χ3v) is 5.40. The van der Waals surface area contributed by atoms with Crippen LogP contribution in [-0.4, -0.2) is 52.3 Å². The van der Waals surface area contributed by atoms with E-state index in [1.54, 1.807) is 36.9 Å². The molecule has 8 nitrogen and oxygen atoms in total. The van der Waals surface area contributed by atoms with Gasteiger partial charge in [0.25, 0.3) is 0 Å². The van der Waals surface area contributed by atoms with Gasteiger partial charge in [0.05, 0.1) is 17.7 Å². The fourth-order valence-electron chi connectivity index (χ4n) is 3.89. The Bertz CT molecular complexity index is 846. The van der Waals surface area contributed by atoms with Crippen molar-refractivity contribution < 1.29 is 19.4 Å². The van der Waals surface area contributed by atoms with Crippen molar-refractivity contribution in [2.45, 2.75) is 70.4 Å². The van der Waals surface area contributed by atoms with Gasteiger partial charge in [0.1, 0.15) is 23.5 Å². The maximum absolute atomic E-state index is 13.1. The molecular formula is C21H28N4O4. The third-order valence-electron chi connectivity index (χ3n) is 5.40. The summed E-state index contributed by atoms with van der Waals surface area (Å²) < 4.78 is 5.89. The van der Waals surface area contributed by atoms with Gasteiger partial charge in [-0.3, -0.25) is 4.79 Å². The molecule has 1 aromatic rings. The predicted octanol–water partition coefficient (Wildman–Crippen LogP) is 1.83. The van der Waals surface area contributed by atoms with Gasteiger partial charge in [-0.25, -0.2) is 4.79 Å². The Morgan fingerprint density at radius 2 is 2.10 bits per heavy atom. The van der Waals surface area contributed by atoms with Crippen LogP contribution < -0.4 is 15.4 Å². The highest BCUT2D eigenvalue weighted by atomic mass is 16.5. The first-order valence-corrected chi connectivity index (χ1v) is 9.92. The van der Waals surface area contributed by atoms with E-state index >= 15 is 0 Å². The van der Waals surface area contributed by atoms with E-state index < -0.39 is 23.8 Å². The predicted molar refractivity (Wildman–Crippen MR) is 106 cm³/mol. The summed E-state index contributed by atoms with van der Waals surface area (Å²) in [6, 6.07) is 5.37. The summed E-state index contributed by atoms with van der Waals surface area (Å²) in [7, 11) is 0. The van der Waals surface area contributed by atoms with Crippen molar-refractivity contribution in [1.29, 1.82) is 5.26 Å². The van der Waals surface area contributed by atoms with Gasteiger partial charge in [0.2, 0.25) is 5.91 Å². The van der Waals surface area contributed by atoms with Crippen LogP contribution in [0.25, 0.3) is 0 Å². The number of aliphatic hydroxyl groups is 1. The highest BCUT2D eigenvalue weighted by molar-refractivity contribution is 5.88. The van der Waals surface area contributed by atoms with Gasteiger partial charge in [-0.05, 0) is 58.7 Å². The number of urea groups is 1. The number of benzene rings is 1. The second kappa shape index (κ2) is 7.91. The van der Waals surface area contributed by atoms with E-state index in [9.17, 15) is 20.0 Å². The van der Waals surface area contributed by atoms with Gasteiger partial charge < -0.3 is 25.4 Å². The highest BCUT2D eigenvalue weighted by Crippen LogP contribution is 2.40. The van der Waals surface area contributed by atoms with Crippen LogP contribution in [0.4, 0.5) is 4.79 Å². The number of hydrogen-bond donors (Lipinski definition) is 3. The number of rotatable bonds is 3. The normalized spacial score (nSPS) is 25.0. The molecule has 0 aliphatic carbocycles. The van der Waals surface area contributed by atoms with Gasteiger partial charge in [-0.15, -0.1) is 0 Å². The fraction of sp³-hybridized carbons (Fsp3) is 0.571. The van der Waals surface area contributed by atoms with Gasteiger partial charge in [0.15, 0.2) is 0 Å². The zero-order chi connectivity index (χ0) is 21.3. The fourth-order valence-corrected chi connectivity index (χ4v) is 3.89. The molecule has 0 radical (unpaired) electrons. The quantitative estimate of drug-likeness (QED) is 0.716. The van der Waals surface area contributed by atoms with Crippen molar-refractivity contribution in [2.75, 3.05) is 6.54 Å². The van der Waals surface area contributed by atoms with Crippen molar-refractivity contribution >= 4 is 11.9 Å². The Morgan fingerprint density at radius 1 is 1.38 bits per heavy atom. The van der Waals surface area contributed by atoms with Crippen LogP contribution >= 0.6 is 0 Å². The second-order valence-corrected chi connectivity index (χ2v) is 8.46. The number of hydrogen-bond acceptors (Lipinski definition) is 5. The molecule has 0 aromatic heterocycles. The highest BCUT2D eigenvalue weighted by Gasteiger charge is 2.45. The van der Waals surface area contributed by atoms with Crippen LogP contribution in [0.3, 0.4) is 0 Å². The largest absolute Gasteiger partial charge is 0.485 e. The Kier molecular flexibility index (Phi) is 5.71. The van der Waals surface area contributed by atoms with Crippen molar-refractivity contribution in [3.63, 3.8) is 0 Å². The molecule has 1 fully saturated rings. The topological polar surface area (TPSA) is 115 Å². The SMILES string of the molecule is CC(C)NC(=O)N1CCCC1C(=O)NC1c2cc(C#N)ccc2OC(C)(C)C1O. The summed E-state index contributed by atoms with van der Waals surface area (Å²) >= 11 is 0. The molecule has 156 valence electrons. The molecule has 2 heterocycles.